The van der Waals surface area contributed by atoms with Crippen molar-refractivity contribution < 1.29 is 9.84 Å². The lowest BCUT2D eigenvalue weighted by Gasteiger charge is -2.26. The van der Waals surface area contributed by atoms with Crippen molar-refractivity contribution in [2.75, 3.05) is 19.7 Å². The lowest BCUT2D eigenvalue weighted by Crippen LogP contribution is -2.38. The van der Waals surface area contributed by atoms with Crippen LogP contribution in [0.5, 0.6) is 5.75 Å². The molecule has 0 aliphatic heterocycles. The van der Waals surface area contributed by atoms with Crippen LogP contribution >= 0.6 is 11.3 Å². The maximum absolute atomic E-state index is 13.1. The van der Waals surface area contributed by atoms with Crippen molar-refractivity contribution in [2.24, 2.45) is 5.92 Å². The van der Waals surface area contributed by atoms with E-state index in [0.29, 0.717) is 30.2 Å². The van der Waals surface area contributed by atoms with Gasteiger partial charge in [-0.25, -0.2) is 4.98 Å². The van der Waals surface area contributed by atoms with Crippen LogP contribution in [-0.2, 0) is 6.54 Å². The molecule has 2 N–H and O–H groups in total. The first-order valence-corrected chi connectivity index (χ1v) is 13.3. The minimum Gasteiger partial charge on any atom is -0.491 e. The first kappa shape index (κ1) is 26.1. The zero-order valence-electron chi connectivity index (χ0n) is 21.7. The third-order valence-corrected chi connectivity index (χ3v) is 7.17. The number of aromatic amines is 1. The Bertz CT molecular complexity index is 1390. The zero-order chi connectivity index (χ0) is 25.8. The molecule has 2 aromatic carbocycles. The van der Waals surface area contributed by atoms with Crippen LogP contribution < -0.4 is 10.3 Å². The number of fused-ring (bicyclic) bond motifs is 1. The molecule has 2 heterocycles. The van der Waals surface area contributed by atoms with Crippen molar-refractivity contribution >= 4 is 21.6 Å². The van der Waals surface area contributed by atoms with Gasteiger partial charge in [0.2, 0.25) is 0 Å². The number of aliphatic hydroxyl groups excluding tert-OH is 1. The molecule has 0 radical (unpaired) electrons. The number of H-pyrrole nitrogens is 1. The summed E-state index contributed by atoms with van der Waals surface area (Å²) >= 11 is 1.49. The van der Waals surface area contributed by atoms with E-state index in [2.05, 4.69) is 55.8 Å². The van der Waals surface area contributed by atoms with Crippen molar-refractivity contribution in [1.29, 1.82) is 0 Å². The number of nitrogens with one attached hydrogen (secondary N) is 1. The monoisotopic (exact) mass is 505 g/mol. The summed E-state index contributed by atoms with van der Waals surface area (Å²) in [5.74, 6) is 1.78. The highest BCUT2D eigenvalue weighted by molar-refractivity contribution is 7.17. The van der Waals surface area contributed by atoms with E-state index < -0.39 is 6.10 Å². The Labute approximate surface area is 216 Å². The van der Waals surface area contributed by atoms with Gasteiger partial charge in [-0.15, -0.1) is 11.3 Å². The Morgan fingerprint density at radius 3 is 2.56 bits per heavy atom. The lowest BCUT2D eigenvalue weighted by molar-refractivity contribution is 0.0604. The van der Waals surface area contributed by atoms with Crippen LogP contribution in [0.15, 0.2) is 52.6 Å². The van der Waals surface area contributed by atoms with Gasteiger partial charge in [0, 0.05) is 24.0 Å². The molecule has 0 aliphatic carbocycles. The van der Waals surface area contributed by atoms with E-state index in [1.54, 1.807) is 0 Å². The number of para-hydroxylation sites is 1. The summed E-state index contributed by atoms with van der Waals surface area (Å²) in [6.45, 7) is 12.3. The molecule has 4 rings (SSSR count). The second-order valence-corrected chi connectivity index (χ2v) is 10.8. The van der Waals surface area contributed by atoms with Gasteiger partial charge >= 0.3 is 0 Å². The molecule has 1 atom stereocenters. The van der Waals surface area contributed by atoms with Gasteiger partial charge in [-0.3, -0.25) is 9.69 Å². The third kappa shape index (κ3) is 6.22. The van der Waals surface area contributed by atoms with Crippen molar-refractivity contribution in [3.8, 4) is 16.9 Å². The van der Waals surface area contributed by atoms with Crippen LogP contribution in [0.1, 0.15) is 36.4 Å². The zero-order valence-corrected chi connectivity index (χ0v) is 22.5. The number of nitrogens with zero attached hydrogens (tertiary/aromatic N) is 2. The second kappa shape index (κ2) is 11.4. The topological polar surface area (TPSA) is 78.5 Å². The summed E-state index contributed by atoms with van der Waals surface area (Å²) in [5.41, 5.74) is 5.28. The van der Waals surface area contributed by atoms with Gasteiger partial charge in [0.1, 0.15) is 29.1 Å². The van der Waals surface area contributed by atoms with Crippen molar-refractivity contribution in [2.45, 2.75) is 47.3 Å². The first-order chi connectivity index (χ1) is 17.2. The minimum absolute atomic E-state index is 0.127. The molecule has 4 aromatic rings. The van der Waals surface area contributed by atoms with Gasteiger partial charge in [0.05, 0.1) is 11.9 Å². The van der Waals surface area contributed by atoms with Gasteiger partial charge in [-0.1, -0.05) is 50.2 Å². The number of hydrogen-bond donors (Lipinski definition) is 2. The van der Waals surface area contributed by atoms with Crippen LogP contribution in [0, 0.1) is 26.7 Å². The molecule has 0 bridgehead atoms. The van der Waals surface area contributed by atoms with Crippen molar-refractivity contribution in [3.63, 3.8) is 0 Å². The summed E-state index contributed by atoms with van der Waals surface area (Å²) < 4.78 is 5.84. The van der Waals surface area contributed by atoms with E-state index in [9.17, 15) is 9.90 Å². The first-order valence-electron chi connectivity index (χ1n) is 12.4. The molecule has 0 amide bonds. The van der Waals surface area contributed by atoms with Crippen LogP contribution in [0.4, 0.5) is 0 Å². The Balaban J connectivity index is 1.51. The van der Waals surface area contributed by atoms with Crippen LogP contribution in [0.25, 0.3) is 21.3 Å². The maximum Gasteiger partial charge on any atom is 0.260 e. The predicted octanol–water partition coefficient (Wildman–Crippen LogP) is 5.47. The van der Waals surface area contributed by atoms with Crippen LogP contribution in [-0.4, -0.2) is 45.8 Å². The van der Waals surface area contributed by atoms with Gasteiger partial charge in [0.25, 0.3) is 5.56 Å². The van der Waals surface area contributed by atoms with E-state index in [1.807, 2.05) is 36.6 Å². The number of hydrogen-bond acceptors (Lipinski definition) is 6. The Hall–Kier alpha value is -3.00. The molecule has 0 aliphatic rings. The fraction of sp³-hybridized carbons (Fsp3) is 0.379. The number of aryl methyl sites for hydroxylation is 3. The molecular formula is C29H35N3O3S. The second-order valence-electron chi connectivity index (χ2n) is 9.96. The third-order valence-electron chi connectivity index (χ3n) is 6.30. The summed E-state index contributed by atoms with van der Waals surface area (Å²) in [6.07, 6.45) is -0.670. The number of ether oxygens (including phenoxy) is 1. The molecule has 0 saturated heterocycles. The average molecular weight is 506 g/mol. The Kier molecular flexibility index (Phi) is 8.24. The van der Waals surface area contributed by atoms with E-state index in [4.69, 9.17) is 9.72 Å². The molecule has 2 aromatic heterocycles. The van der Waals surface area contributed by atoms with E-state index in [0.717, 1.165) is 33.8 Å². The highest BCUT2D eigenvalue weighted by Gasteiger charge is 2.18. The fourth-order valence-corrected chi connectivity index (χ4v) is 5.34. The molecule has 1 unspecified atom stereocenters. The molecular weight excluding hydrogens is 470 g/mol. The van der Waals surface area contributed by atoms with Gasteiger partial charge < -0.3 is 14.8 Å². The average Bonchev–Trinajstić information content (AvgIpc) is 3.24. The number of aromatic nitrogens is 2. The molecule has 0 saturated carbocycles. The SMILES string of the molecule is Cc1ccc(-c2csc3nc(CN(CC(C)C)CC(O)COc4ccccc4C)[nH]c(=O)c23)cc1C. The standard InChI is InChI=1S/C29H35N3O3S/c1-18(2)13-32(14-23(33)16-35-25-9-7-6-8-20(25)4)15-26-30-28(34)27-24(17-36-29(27)31-26)22-11-10-19(3)21(5)12-22/h6-12,17-18,23,33H,13-16H2,1-5H3,(H,30,31,34). The van der Waals surface area contributed by atoms with Crippen LogP contribution in [0.3, 0.4) is 0 Å². The van der Waals surface area contributed by atoms with E-state index in [-0.39, 0.29) is 12.2 Å². The molecule has 7 heteroatoms. The molecule has 0 fully saturated rings. The van der Waals surface area contributed by atoms with Crippen molar-refractivity contribution in [3.05, 3.63) is 80.7 Å². The fourth-order valence-electron chi connectivity index (χ4n) is 4.38. The summed E-state index contributed by atoms with van der Waals surface area (Å²) in [7, 11) is 0. The summed E-state index contributed by atoms with van der Waals surface area (Å²) in [6, 6.07) is 14.0. The van der Waals surface area contributed by atoms with Gasteiger partial charge in [-0.05, 0) is 55.0 Å². The molecule has 36 heavy (non-hydrogen) atoms. The lowest BCUT2D eigenvalue weighted by atomic mass is 10.0. The highest BCUT2D eigenvalue weighted by atomic mass is 32.1. The van der Waals surface area contributed by atoms with Gasteiger partial charge in [-0.2, -0.15) is 0 Å². The number of rotatable bonds is 10. The minimum atomic E-state index is -0.670. The largest absolute Gasteiger partial charge is 0.491 e. The smallest absolute Gasteiger partial charge is 0.260 e. The molecule has 0 spiro atoms. The summed E-state index contributed by atoms with van der Waals surface area (Å²) in [4.78, 5) is 23.8. The normalized spacial score (nSPS) is 12.6. The van der Waals surface area contributed by atoms with E-state index >= 15 is 0 Å². The maximum atomic E-state index is 13.1. The molecule has 190 valence electrons. The number of aliphatic hydroxyl groups is 1. The Morgan fingerprint density at radius 1 is 1.06 bits per heavy atom. The van der Waals surface area contributed by atoms with E-state index in [1.165, 1.54) is 22.5 Å². The van der Waals surface area contributed by atoms with Crippen molar-refractivity contribution in [1.82, 2.24) is 14.9 Å². The van der Waals surface area contributed by atoms with Gasteiger partial charge in [0.15, 0.2) is 0 Å². The summed E-state index contributed by atoms with van der Waals surface area (Å²) in [5, 5.41) is 13.4. The number of thiophene rings is 1. The Morgan fingerprint density at radius 2 is 1.83 bits per heavy atom. The highest BCUT2D eigenvalue weighted by Crippen LogP contribution is 2.31. The van der Waals surface area contributed by atoms with Crippen LogP contribution in [0.2, 0.25) is 0 Å². The number of benzene rings is 2. The predicted molar refractivity (Wildman–Crippen MR) is 148 cm³/mol. The molecule has 6 nitrogen and oxygen atoms in total. The quantitative estimate of drug-likeness (QED) is 0.299.